The van der Waals surface area contributed by atoms with Crippen molar-refractivity contribution in [3.05, 3.63) is 0 Å². The molecule has 0 spiro atoms. The van der Waals surface area contributed by atoms with E-state index in [2.05, 4.69) is 33.1 Å². The van der Waals surface area contributed by atoms with Crippen LogP contribution in [0.5, 0.6) is 0 Å². The van der Waals surface area contributed by atoms with Gasteiger partial charge in [-0.05, 0) is 49.4 Å². The predicted molar refractivity (Wildman–Crippen MR) is 70.9 cm³/mol. The highest BCUT2D eigenvalue weighted by Crippen LogP contribution is 2.40. The zero-order valence-electron chi connectivity index (χ0n) is 11.6. The monoisotopic (exact) mass is 226 g/mol. The van der Waals surface area contributed by atoms with Gasteiger partial charge in [-0.15, -0.1) is 0 Å². The summed E-state index contributed by atoms with van der Waals surface area (Å²) in [6, 6.07) is 0.524. The molecular formula is C14H30N2. The summed E-state index contributed by atoms with van der Waals surface area (Å²) in [7, 11) is 0. The van der Waals surface area contributed by atoms with Gasteiger partial charge >= 0.3 is 0 Å². The third kappa shape index (κ3) is 3.74. The average Bonchev–Trinajstić information content (AvgIpc) is 2.22. The van der Waals surface area contributed by atoms with Gasteiger partial charge in [-0.1, -0.05) is 34.1 Å². The number of nitrogens with one attached hydrogen (secondary N) is 1. The van der Waals surface area contributed by atoms with E-state index in [1.807, 2.05) is 0 Å². The van der Waals surface area contributed by atoms with Crippen molar-refractivity contribution in [3.63, 3.8) is 0 Å². The Balaban J connectivity index is 2.48. The number of nitrogens with two attached hydrogens (primary N) is 1. The second-order valence-corrected chi connectivity index (χ2v) is 6.46. The lowest BCUT2D eigenvalue weighted by Gasteiger charge is -2.39. The highest BCUT2D eigenvalue weighted by Gasteiger charge is 2.32. The topological polar surface area (TPSA) is 38.0 Å². The van der Waals surface area contributed by atoms with Crippen LogP contribution in [-0.4, -0.2) is 6.04 Å². The first kappa shape index (κ1) is 14.0. The van der Waals surface area contributed by atoms with Crippen molar-refractivity contribution >= 4 is 0 Å². The van der Waals surface area contributed by atoms with E-state index in [1.54, 1.807) is 0 Å². The molecule has 0 aromatic carbocycles. The molecular weight excluding hydrogens is 196 g/mol. The van der Waals surface area contributed by atoms with Crippen LogP contribution in [0.3, 0.4) is 0 Å². The maximum atomic E-state index is 5.75. The van der Waals surface area contributed by atoms with Crippen LogP contribution in [0.1, 0.15) is 66.2 Å². The smallest absolute Gasteiger partial charge is 0.0264 e. The minimum atomic E-state index is 0.524. The van der Waals surface area contributed by atoms with E-state index in [0.717, 1.165) is 5.92 Å². The van der Waals surface area contributed by atoms with Gasteiger partial charge in [0, 0.05) is 6.04 Å². The van der Waals surface area contributed by atoms with Crippen LogP contribution in [-0.2, 0) is 0 Å². The number of hydrogen-bond acceptors (Lipinski definition) is 2. The molecule has 2 heteroatoms. The van der Waals surface area contributed by atoms with Gasteiger partial charge in [-0.25, -0.2) is 0 Å². The minimum Gasteiger partial charge on any atom is -0.271 e. The van der Waals surface area contributed by atoms with E-state index in [-0.39, 0.29) is 0 Å². The summed E-state index contributed by atoms with van der Waals surface area (Å²) < 4.78 is 0. The molecule has 2 atom stereocenters. The highest BCUT2D eigenvalue weighted by atomic mass is 15.2. The largest absolute Gasteiger partial charge is 0.271 e. The molecule has 1 aliphatic rings. The first-order valence-corrected chi connectivity index (χ1v) is 6.96. The molecule has 2 nitrogen and oxygen atoms in total. The van der Waals surface area contributed by atoms with Gasteiger partial charge in [0.25, 0.3) is 0 Å². The fraction of sp³-hybridized carbons (Fsp3) is 1.00. The van der Waals surface area contributed by atoms with Crippen molar-refractivity contribution in [2.24, 2.45) is 23.1 Å². The van der Waals surface area contributed by atoms with Gasteiger partial charge < -0.3 is 0 Å². The van der Waals surface area contributed by atoms with Crippen molar-refractivity contribution in [2.45, 2.75) is 72.3 Å². The third-order valence-electron chi connectivity index (χ3n) is 4.44. The van der Waals surface area contributed by atoms with Crippen LogP contribution in [0.25, 0.3) is 0 Å². The molecule has 96 valence electrons. The lowest BCUT2D eigenvalue weighted by atomic mass is 9.69. The summed E-state index contributed by atoms with van der Waals surface area (Å²) >= 11 is 0. The lowest BCUT2D eigenvalue weighted by molar-refractivity contribution is 0.136. The van der Waals surface area contributed by atoms with Crippen molar-refractivity contribution in [2.75, 3.05) is 0 Å². The van der Waals surface area contributed by atoms with Gasteiger partial charge in [-0.2, -0.15) is 0 Å². The molecule has 0 amide bonds. The molecule has 16 heavy (non-hydrogen) atoms. The summed E-state index contributed by atoms with van der Waals surface area (Å²) in [5, 5.41) is 0. The van der Waals surface area contributed by atoms with Crippen LogP contribution in [0.15, 0.2) is 0 Å². The Kier molecular flexibility index (Phi) is 5.26. The van der Waals surface area contributed by atoms with E-state index in [4.69, 9.17) is 5.84 Å². The Morgan fingerprint density at radius 3 is 2.31 bits per heavy atom. The Hall–Kier alpha value is -0.0800. The maximum Gasteiger partial charge on any atom is 0.0264 e. The predicted octanol–water partition coefficient (Wildman–Crippen LogP) is 3.47. The molecule has 0 aliphatic heterocycles. The van der Waals surface area contributed by atoms with Crippen LogP contribution < -0.4 is 11.3 Å². The summed E-state index contributed by atoms with van der Waals surface area (Å²) in [5.74, 6) is 7.25. The first-order chi connectivity index (χ1) is 7.50. The van der Waals surface area contributed by atoms with Crippen LogP contribution >= 0.6 is 0 Å². The quantitative estimate of drug-likeness (QED) is 0.556. The fourth-order valence-corrected chi connectivity index (χ4v) is 3.18. The molecule has 0 saturated heterocycles. The van der Waals surface area contributed by atoms with E-state index in [0.29, 0.717) is 17.4 Å². The minimum absolute atomic E-state index is 0.524. The summed E-state index contributed by atoms with van der Waals surface area (Å²) in [6.45, 7) is 9.38. The van der Waals surface area contributed by atoms with Crippen LogP contribution in [0.2, 0.25) is 0 Å². The molecule has 1 fully saturated rings. The Morgan fingerprint density at radius 1 is 1.31 bits per heavy atom. The van der Waals surface area contributed by atoms with Crippen LogP contribution in [0, 0.1) is 17.3 Å². The van der Waals surface area contributed by atoms with Gasteiger partial charge in [0.1, 0.15) is 0 Å². The number of hydrazine groups is 1. The first-order valence-electron chi connectivity index (χ1n) is 6.96. The van der Waals surface area contributed by atoms with Crippen molar-refractivity contribution in [3.8, 4) is 0 Å². The molecule has 3 N–H and O–H groups in total. The number of hydrogen-bond donors (Lipinski definition) is 2. The van der Waals surface area contributed by atoms with Gasteiger partial charge in [0.2, 0.25) is 0 Å². The van der Waals surface area contributed by atoms with Gasteiger partial charge in [0.15, 0.2) is 0 Å². The molecule has 1 rings (SSSR count). The molecule has 0 aromatic rings. The normalized spacial score (nSPS) is 25.3. The van der Waals surface area contributed by atoms with Crippen molar-refractivity contribution < 1.29 is 0 Å². The second kappa shape index (κ2) is 6.02. The average molecular weight is 226 g/mol. The maximum absolute atomic E-state index is 5.75. The van der Waals surface area contributed by atoms with Crippen LogP contribution in [0.4, 0.5) is 0 Å². The molecule has 2 unspecified atom stereocenters. The molecule has 1 aliphatic carbocycles. The molecule has 0 aromatic heterocycles. The second-order valence-electron chi connectivity index (χ2n) is 6.46. The lowest BCUT2D eigenvalue weighted by Crippen LogP contribution is -2.46. The third-order valence-corrected chi connectivity index (χ3v) is 4.44. The number of rotatable bonds is 5. The van der Waals surface area contributed by atoms with Gasteiger partial charge in [-0.3, -0.25) is 11.3 Å². The Morgan fingerprint density at radius 2 is 1.88 bits per heavy atom. The molecule has 0 bridgehead atoms. The zero-order valence-corrected chi connectivity index (χ0v) is 11.6. The summed E-state index contributed by atoms with van der Waals surface area (Å²) in [4.78, 5) is 0. The molecule has 0 radical (unpaired) electrons. The standard InChI is InChI=1S/C14H30N2/c1-5-6-11(2)13(16-15)12-7-9-14(3,4)10-8-12/h11-13,16H,5-10,15H2,1-4H3. The van der Waals surface area contributed by atoms with Crippen molar-refractivity contribution in [1.82, 2.24) is 5.43 Å². The van der Waals surface area contributed by atoms with E-state index >= 15 is 0 Å². The van der Waals surface area contributed by atoms with E-state index in [9.17, 15) is 0 Å². The Bertz CT molecular complexity index is 191. The van der Waals surface area contributed by atoms with E-state index in [1.165, 1.54) is 38.5 Å². The fourth-order valence-electron chi connectivity index (χ4n) is 3.18. The zero-order chi connectivity index (χ0) is 12.2. The van der Waals surface area contributed by atoms with Gasteiger partial charge in [0.05, 0.1) is 0 Å². The molecule has 0 heterocycles. The van der Waals surface area contributed by atoms with Crippen molar-refractivity contribution in [1.29, 1.82) is 0 Å². The SMILES string of the molecule is CCCC(C)C(NN)C1CCC(C)(C)CC1. The van der Waals surface area contributed by atoms with E-state index < -0.39 is 0 Å². The summed E-state index contributed by atoms with van der Waals surface area (Å²) in [5.41, 5.74) is 3.64. The molecule has 1 saturated carbocycles. The highest BCUT2D eigenvalue weighted by molar-refractivity contribution is 4.86. The Labute approximate surface area is 101 Å². The summed E-state index contributed by atoms with van der Waals surface area (Å²) in [6.07, 6.45) is 7.95.